The minimum Gasteiger partial charge on any atom is -0.478 e. The summed E-state index contributed by atoms with van der Waals surface area (Å²) >= 11 is 17.8. The van der Waals surface area contributed by atoms with Crippen LogP contribution >= 0.6 is 34.8 Å². The van der Waals surface area contributed by atoms with Crippen molar-refractivity contribution in [2.24, 2.45) is 0 Å². The van der Waals surface area contributed by atoms with Crippen LogP contribution in [0.1, 0.15) is 10.4 Å². The van der Waals surface area contributed by atoms with Crippen LogP contribution in [0, 0.1) is 0 Å². The van der Waals surface area contributed by atoms with Crippen LogP contribution in [-0.4, -0.2) is 16.1 Å². The molecule has 1 aromatic heterocycles. The number of hydrogen-bond acceptors (Lipinski definition) is 2. The van der Waals surface area contributed by atoms with Crippen LogP contribution < -0.4 is 5.56 Å². The summed E-state index contributed by atoms with van der Waals surface area (Å²) < 4.78 is 0. The van der Waals surface area contributed by atoms with Crippen molar-refractivity contribution < 1.29 is 9.90 Å². The molecule has 0 amide bonds. The molecule has 0 saturated heterocycles. The van der Waals surface area contributed by atoms with Crippen LogP contribution in [0.5, 0.6) is 0 Å². The molecular formula is C12H6Cl3NO3. The highest BCUT2D eigenvalue weighted by atomic mass is 35.5. The van der Waals surface area contributed by atoms with E-state index in [-0.39, 0.29) is 26.7 Å². The number of aromatic carboxylic acids is 1. The number of carboxylic acids is 1. The van der Waals surface area contributed by atoms with Gasteiger partial charge in [0.15, 0.2) is 0 Å². The van der Waals surface area contributed by atoms with Gasteiger partial charge in [-0.15, -0.1) is 0 Å². The second kappa shape index (κ2) is 5.25. The lowest BCUT2D eigenvalue weighted by atomic mass is 10.1. The summed E-state index contributed by atoms with van der Waals surface area (Å²) in [7, 11) is 0. The Morgan fingerprint density at radius 2 is 1.68 bits per heavy atom. The molecule has 0 aliphatic rings. The molecule has 0 bridgehead atoms. The zero-order valence-corrected chi connectivity index (χ0v) is 11.5. The molecule has 2 N–H and O–H groups in total. The summed E-state index contributed by atoms with van der Waals surface area (Å²) in [6.07, 6.45) is 1.10. The zero-order chi connectivity index (χ0) is 14.2. The topological polar surface area (TPSA) is 70.2 Å². The van der Waals surface area contributed by atoms with Gasteiger partial charge in [0, 0.05) is 16.8 Å². The van der Waals surface area contributed by atoms with Crippen molar-refractivity contribution in [3.05, 3.63) is 55.4 Å². The normalized spacial score (nSPS) is 10.5. The third kappa shape index (κ3) is 2.76. The summed E-state index contributed by atoms with van der Waals surface area (Å²) in [4.78, 5) is 25.0. The first kappa shape index (κ1) is 13.9. The quantitative estimate of drug-likeness (QED) is 0.887. The highest BCUT2D eigenvalue weighted by Gasteiger charge is 2.15. The van der Waals surface area contributed by atoms with Crippen molar-refractivity contribution >= 4 is 40.8 Å². The summed E-state index contributed by atoms with van der Waals surface area (Å²) in [5.74, 6) is -1.17. The van der Waals surface area contributed by atoms with Crippen molar-refractivity contribution in [2.45, 2.75) is 0 Å². The van der Waals surface area contributed by atoms with Crippen LogP contribution in [-0.2, 0) is 0 Å². The first-order valence-electron chi connectivity index (χ1n) is 5.01. The number of carboxylic acid groups (broad SMARTS) is 1. The van der Waals surface area contributed by atoms with E-state index in [0.29, 0.717) is 5.02 Å². The lowest BCUT2D eigenvalue weighted by Crippen LogP contribution is -2.11. The highest BCUT2D eigenvalue weighted by molar-refractivity contribution is 6.41. The molecule has 4 nitrogen and oxygen atoms in total. The van der Waals surface area contributed by atoms with Gasteiger partial charge in [0.1, 0.15) is 0 Å². The Morgan fingerprint density at radius 3 is 2.21 bits per heavy atom. The van der Waals surface area contributed by atoms with Gasteiger partial charge in [-0.3, -0.25) is 4.79 Å². The predicted octanol–water partition coefficient (Wildman–Crippen LogP) is 3.70. The number of aromatic amines is 1. The van der Waals surface area contributed by atoms with E-state index in [0.717, 1.165) is 6.20 Å². The number of nitrogens with one attached hydrogen (secondary N) is 1. The van der Waals surface area contributed by atoms with Gasteiger partial charge in [-0.05, 0) is 18.2 Å². The van der Waals surface area contributed by atoms with Crippen molar-refractivity contribution in [1.29, 1.82) is 0 Å². The summed E-state index contributed by atoms with van der Waals surface area (Å²) in [5.41, 5.74) is -0.239. The molecule has 1 aromatic carbocycles. The summed E-state index contributed by atoms with van der Waals surface area (Å²) in [5, 5.41) is 9.59. The van der Waals surface area contributed by atoms with E-state index in [1.165, 1.54) is 18.2 Å². The Labute approximate surface area is 122 Å². The largest absolute Gasteiger partial charge is 0.478 e. The maximum absolute atomic E-state index is 11.8. The standard InChI is InChI=1S/C12H6Cl3NO3/c13-6-2-8(14)10(9(15)3-6)7-1-5(12(18)19)4-16-11(7)17/h1-4H,(H,16,17)(H,18,19). The van der Waals surface area contributed by atoms with E-state index in [1.807, 2.05) is 0 Å². The van der Waals surface area contributed by atoms with Crippen LogP contribution in [0.25, 0.3) is 11.1 Å². The van der Waals surface area contributed by atoms with Crippen LogP contribution in [0.3, 0.4) is 0 Å². The predicted molar refractivity (Wildman–Crippen MR) is 74.5 cm³/mol. The van der Waals surface area contributed by atoms with E-state index < -0.39 is 11.5 Å². The van der Waals surface area contributed by atoms with E-state index >= 15 is 0 Å². The van der Waals surface area contributed by atoms with Gasteiger partial charge in [0.25, 0.3) is 5.56 Å². The molecule has 0 aliphatic carbocycles. The molecule has 7 heteroatoms. The fourth-order valence-electron chi connectivity index (χ4n) is 1.59. The smallest absolute Gasteiger partial charge is 0.337 e. The monoisotopic (exact) mass is 317 g/mol. The lowest BCUT2D eigenvalue weighted by molar-refractivity contribution is 0.0696. The molecule has 19 heavy (non-hydrogen) atoms. The molecule has 1 heterocycles. The Morgan fingerprint density at radius 1 is 1.11 bits per heavy atom. The molecule has 0 saturated carbocycles. The molecule has 0 unspecified atom stereocenters. The van der Waals surface area contributed by atoms with Crippen LogP contribution in [0.2, 0.25) is 15.1 Å². The van der Waals surface area contributed by atoms with Crippen molar-refractivity contribution in [3.63, 3.8) is 0 Å². The maximum atomic E-state index is 11.8. The van der Waals surface area contributed by atoms with Gasteiger partial charge in [-0.1, -0.05) is 34.8 Å². The number of benzene rings is 1. The number of halogens is 3. The van der Waals surface area contributed by atoms with E-state index in [4.69, 9.17) is 39.9 Å². The SMILES string of the molecule is O=C(O)c1c[nH]c(=O)c(-c2c(Cl)cc(Cl)cc2Cl)c1. The molecular weight excluding hydrogens is 312 g/mol. The second-order valence-electron chi connectivity index (χ2n) is 3.68. The lowest BCUT2D eigenvalue weighted by Gasteiger charge is -2.07. The molecule has 0 aliphatic heterocycles. The third-order valence-electron chi connectivity index (χ3n) is 2.43. The van der Waals surface area contributed by atoms with Crippen LogP contribution in [0.15, 0.2) is 29.2 Å². The highest BCUT2D eigenvalue weighted by Crippen LogP contribution is 2.35. The van der Waals surface area contributed by atoms with E-state index in [1.54, 1.807) is 0 Å². The van der Waals surface area contributed by atoms with Gasteiger partial charge in [-0.2, -0.15) is 0 Å². The van der Waals surface area contributed by atoms with Gasteiger partial charge >= 0.3 is 5.97 Å². The fraction of sp³-hybridized carbons (Fsp3) is 0. The molecule has 0 radical (unpaired) electrons. The average Bonchev–Trinajstić information content (AvgIpc) is 2.29. The van der Waals surface area contributed by atoms with E-state index in [2.05, 4.69) is 4.98 Å². The molecule has 2 rings (SSSR count). The van der Waals surface area contributed by atoms with Gasteiger partial charge in [0.05, 0.1) is 21.2 Å². The van der Waals surface area contributed by atoms with Crippen molar-refractivity contribution in [1.82, 2.24) is 4.98 Å². The molecule has 0 fully saturated rings. The summed E-state index contributed by atoms with van der Waals surface area (Å²) in [6, 6.07) is 4.07. The Hall–Kier alpha value is -1.49. The first-order chi connectivity index (χ1) is 8.90. The van der Waals surface area contributed by atoms with Crippen molar-refractivity contribution in [2.75, 3.05) is 0 Å². The average molecular weight is 319 g/mol. The van der Waals surface area contributed by atoms with Gasteiger partial charge < -0.3 is 10.1 Å². The number of aromatic nitrogens is 1. The second-order valence-corrected chi connectivity index (χ2v) is 4.93. The minimum atomic E-state index is -1.17. The Bertz CT molecular complexity index is 701. The van der Waals surface area contributed by atoms with Crippen LogP contribution in [0.4, 0.5) is 0 Å². The molecule has 2 aromatic rings. The first-order valence-corrected chi connectivity index (χ1v) is 6.14. The number of hydrogen-bond donors (Lipinski definition) is 2. The molecule has 0 spiro atoms. The number of carbonyl (C=O) groups is 1. The fourth-order valence-corrected chi connectivity index (χ4v) is 2.61. The molecule has 0 atom stereocenters. The van der Waals surface area contributed by atoms with Gasteiger partial charge in [0.2, 0.25) is 0 Å². The number of H-pyrrole nitrogens is 1. The minimum absolute atomic E-state index is 0.0725. The van der Waals surface area contributed by atoms with E-state index in [9.17, 15) is 9.59 Å². The third-order valence-corrected chi connectivity index (χ3v) is 3.24. The Balaban J connectivity index is 2.75. The summed E-state index contributed by atoms with van der Waals surface area (Å²) in [6.45, 7) is 0. The van der Waals surface area contributed by atoms with Crippen molar-refractivity contribution in [3.8, 4) is 11.1 Å². The number of rotatable bonds is 2. The molecule has 98 valence electrons. The van der Waals surface area contributed by atoms with Gasteiger partial charge in [-0.25, -0.2) is 4.79 Å². The zero-order valence-electron chi connectivity index (χ0n) is 9.21. The number of pyridine rings is 1. The maximum Gasteiger partial charge on any atom is 0.337 e. The Kier molecular flexibility index (Phi) is 3.85.